The van der Waals surface area contributed by atoms with E-state index in [1.807, 2.05) is 0 Å². The molecular formula is C9H17NO5S. The first-order chi connectivity index (χ1) is 7.09. The second kappa shape index (κ2) is 3.97. The smallest absolute Gasteiger partial charge is 0.323 e. The summed E-state index contributed by atoms with van der Waals surface area (Å²) in [6.07, 6.45) is -0.237. The van der Waals surface area contributed by atoms with Gasteiger partial charge in [0.25, 0.3) is 0 Å². The third kappa shape index (κ3) is 2.21. The highest BCUT2D eigenvalue weighted by Crippen LogP contribution is 2.40. The maximum Gasteiger partial charge on any atom is 0.323 e. The van der Waals surface area contributed by atoms with Crippen LogP contribution in [0.3, 0.4) is 0 Å². The largest absolute Gasteiger partial charge is 0.480 e. The molecule has 3 unspecified atom stereocenters. The van der Waals surface area contributed by atoms with E-state index in [2.05, 4.69) is 4.72 Å². The van der Waals surface area contributed by atoms with Gasteiger partial charge >= 0.3 is 5.97 Å². The summed E-state index contributed by atoms with van der Waals surface area (Å²) >= 11 is 0. The fourth-order valence-corrected chi connectivity index (χ4v) is 2.80. The maximum atomic E-state index is 11.6. The fraction of sp³-hybridized carbons (Fsp3) is 0.889. The molecule has 16 heavy (non-hydrogen) atoms. The number of hydrogen-bond acceptors (Lipinski definition) is 4. The molecule has 0 spiro atoms. The average molecular weight is 251 g/mol. The first kappa shape index (κ1) is 13.4. The van der Waals surface area contributed by atoms with Crippen molar-refractivity contribution in [2.24, 2.45) is 5.41 Å². The zero-order valence-electron chi connectivity index (χ0n) is 9.47. The summed E-state index contributed by atoms with van der Waals surface area (Å²) < 4.78 is 25.5. The number of nitrogens with one attached hydrogen (secondary N) is 1. The molecule has 94 valence electrons. The second-order valence-electron chi connectivity index (χ2n) is 4.77. The number of carbonyl (C=O) groups is 1. The quantitative estimate of drug-likeness (QED) is 0.627. The van der Waals surface area contributed by atoms with E-state index in [9.17, 15) is 18.3 Å². The molecule has 0 saturated heterocycles. The molecule has 0 amide bonds. The third-order valence-electron chi connectivity index (χ3n) is 3.34. The Labute approximate surface area is 94.7 Å². The Morgan fingerprint density at radius 3 is 2.31 bits per heavy atom. The summed E-state index contributed by atoms with van der Waals surface area (Å²) in [4.78, 5) is 10.6. The molecule has 6 nitrogen and oxygen atoms in total. The topological polar surface area (TPSA) is 104 Å². The van der Waals surface area contributed by atoms with Gasteiger partial charge in [-0.2, -0.15) is 0 Å². The fourth-order valence-electron chi connectivity index (χ4n) is 1.54. The molecule has 0 aliphatic heterocycles. The van der Waals surface area contributed by atoms with Crippen molar-refractivity contribution in [2.75, 3.05) is 0 Å². The molecule has 1 fully saturated rings. The Balaban J connectivity index is 2.73. The van der Waals surface area contributed by atoms with Crippen molar-refractivity contribution in [3.8, 4) is 0 Å². The van der Waals surface area contributed by atoms with E-state index in [1.54, 1.807) is 13.8 Å². The molecule has 1 aliphatic carbocycles. The molecule has 1 saturated carbocycles. The van der Waals surface area contributed by atoms with Gasteiger partial charge < -0.3 is 10.2 Å². The van der Waals surface area contributed by atoms with E-state index >= 15 is 0 Å². The number of rotatable bonds is 4. The monoisotopic (exact) mass is 251 g/mol. The molecule has 0 heterocycles. The number of hydrogen-bond donors (Lipinski definition) is 3. The summed E-state index contributed by atoms with van der Waals surface area (Å²) in [5.41, 5.74) is -0.550. The van der Waals surface area contributed by atoms with Crippen molar-refractivity contribution in [3.63, 3.8) is 0 Å². The molecule has 1 rings (SSSR count). The van der Waals surface area contributed by atoms with Crippen LogP contribution < -0.4 is 4.72 Å². The van der Waals surface area contributed by atoms with Crippen LogP contribution in [0.5, 0.6) is 0 Å². The number of sulfonamides is 1. The van der Waals surface area contributed by atoms with E-state index in [0.717, 1.165) is 6.92 Å². The van der Waals surface area contributed by atoms with Gasteiger partial charge in [-0.1, -0.05) is 13.8 Å². The number of aliphatic hydroxyl groups is 1. The minimum atomic E-state index is -3.87. The molecule has 3 atom stereocenters. The van der Waals surface area contributed by atoms with Gasteiger partial charge in [0.1, 0.15) is 0 Å². The molecule has 0 bridgehead atoms. The molecule has 0 radical (unpaired) electrons. The Morgan fingerprint density at radius 2 is 2.00 bits per heavy atom. The van der Waals surface area contributed by atoms with Crippen molar-refractivity contribution in [2.45, 2.75) is 44.6 Å². The Bertz CT molecular complexity index is 389. The van der Waals surface area contributed by atoms with E-state index in [1.165, 1.54) is 0 Å². The highest BCUT2D eigenvalue weighted by Gasteiger charge is 2.49. The summed E-state index contributed by atoms with van der Waals surface area (Å²) in [5.74, 6) is -1.38. The predicted octanol–water partition coefficient (Wildman–Crippen LogP) is -0.462. The maximum absolute atomic E-state index is 11.6. The van der Waals surface area contributed by atoms with Crippen molar-refractivity contribution in [1.29, 1.82) is 0 Å². The summed E-state index contributed by atoms with van der Waals surface area (Å²) in [5, 5.41) is 16.6. The molecule has 0 aromatic rings. The van der Waals surface area contributed by atoms with Crippen LogP contribution >= 0.6 is 0 Å². The van der Waals surface area contributed by atoms with Gasteiger partial charge in [-0.25, -0.2) is 13.1 Å². The first-order valence-corrected chi connectivity index (χ1v) is 6.55. The third-order valence-corrected chi connectivity index (χ3v) is 5.08. The van der Waals surface area contributed by atoms with Crippen LogP contribution in [0.25, 0.3) is 0 Å². The number of aliphatic hydroxyl groups excluding tert-OH is 1. The van der Waals surface area contributed by atoms with Crippen LogP contribution in [0, 0.1) is 5.41 Å². The zero-order valence-corrected chi connectivity index (χ0v) is 10.3. The van der Waals surface area contributed by atoms with Gasteiger partial charge in [0.15, 0.2) is 5.25 Å². The van der Waals surface area contributed by atoms with Crippen LogP contribution in [0.1, 0.15) is 27.2 Å². The van der Waals surface area contributed by atoms with E-state index in [-0.39, 0.29) is 0 Å². The van der Waals surface area contributed by atoms with Gasteiger partial charge in [0, 0.05) is 11.5 Å². The van der Waals surface area contributed by atoms with Crippen molar-refractivity contribution < 1.29 is 23.4 Å². The van der Waals surface area contributed by atoms with E-state index in [0.29, 0.717) is 6.42 Å². The average Bonchev–Trinajstić information content (AvgIpc) is 2.15. The molecule has 7 heteroatoms. The highest BCUT2D eigenvalue weighted by atomic mass is 32.2. The number of carboxylic acids is 1. The molecule has 0 aromatic heterocycles. The standard InChI is InChI=1S/C9H17NO5S/c1-5(8(12)13)16(14,15)10-6-4-7(11)9(6,2)3/h5-7,10-11H,4H2,1-3H3,(H,12,13). The lowest BCUT2D eigenvalue weighted by atomic mass is 9.65. The SMILES string of the molecule is CC(C(=O)O)S(=O)(=O)NC1CC(O)C1(C)C. The van der Waals surface area contributed by atoms with Gasteiger partial charge in [0.05, 0.1) is 6.10 Å². The van der Waals surface area contributed by atoms with Crippen molar-refractivity contribution in [1.82, 2.24) is 4.72 Å². The Hall–Kier alpha value is -0.660. The highest BCUT2D eigenvalue weighted by molar-refractivity contribution is 7.90. The number of aliphatic carboxylic acids is 1. The van der Waals surface area contributed by atoms with Crippen LogP contribution in [0.2, 0.25) is 0 Å². The van der Waals surface area contributed by atoms with Crippen LogP contribution in [0.4, 0.5) is 0 Å². The van der Waals surface area contributed by atoms with E-state index in [4.69, 9.17) is 5.11 Å². The zero-order chi connectivity index (χ0) is 12.7. The Morgan fingerprint density at radius 1 is 1.50 bits per heavy atom. The van der Waals surface area contributed by atoms with Crippen LogP contribution in [-0.4, -0.2) is 42.0 Å². The predicted molar refractivity (Wildman–Crippen MR) is 57.3 cm³/mol. The Kier molecular flexibility index (Phi) is 3.33. The molecule has 0 aromatic carbocycles. The lowest BCUT2D eigenvalue weighted by molar-refractivity contribution is -0.136. The van der Waals surface area contributed by atoms with Gasteiger partial charge in [0.2, 0.25) is 10.0 Å². The summed E-state index contributed by atoms with van der Waals surface area (Å²) in [6, 6.07) is -0.408. The van der Waals surface area contributed by atoms with Crippen molar-refractivity contribution in [3.05, 3.63) is 0 Å². The summed E-state index contributed by atoms with van der Waals surface area (Å²) in [6.45, 7) is 4.59. The second-order valence-corrected chi connectivity index (χ2v) is 6.80. The van der Waals surface area contributed by atoms with Gasteiger partial charge in [-0.05, 0) is 13.3 Å². The van der Waals surface area contributed by atoms with Crippen LogP contribution in [0.15, 0.2) is 0 Å². The molecule has 1 aliphatic rings. The lowest BCUT2D eigenvalue weighted by Crippen LogP contribution is -2.62. The van der Waals surface area contributed by atoms with Crippen molar-refractivity contribution >= 4 is 16.0 Å². The van der Waals surface area contributed by atoms with Gasteiger partial charge in [-0.3, -0.25) is 4.79 Å². The van der Waals surface area contributed by atoms with E-state index < -0.39 is 38.8 Å². The first-order valence-electron chi connectivity index (χ1n) is 5.01. The van der Waals surface area contributed by atoms with Crippen LogP contribution in [-0.2, 0) is 14.8 Å². The number of carboxylic acid groups (broad SMARTS) is 1. The summed E-state index contributed by atoms with van der Waals surface area (Å²) in [7, 11) is -3.87. The molecular weight excluding hydrogens is 234 g/mol. The normalized spacial score (nSPS) is 30.5. The molecule has 3 N–H and O–H groups in total. The minimum absolute atomic E-state index is 0.318. The minimum Gasteiger partial charge on any atom is -0.480 e. The lowest BCUT2D eigenvalue weighted by Gasteiger charge is -2.49. The van der Waals surface area contributed by atoms with Gasteiger partial charge in [-0.15, -0.1) is 0 Å².